The second-order valence-electron chi connectivity index (χ2n) is 6.39. The molecule has 3 rings (SSSR count). The molecule has 22 heavy (non-hydrogen) atoms. The first kappa shape index (κ1) is 14.8. The number of para-hydroxylation sites is 1. The van der Waals surface area contributed by atoms with Crippen molar-refractivity contribution in [2.24, 2.45) is 7.05 Å². The lowest BCUT2D eigenvalue weighted by atomic mass is 9.93. The third-order valence-electron chi connectivity index (χ3n) is 3.68. The average molecular weight is 313 g/mol. The fraction of sp³-hybridized carbons (Fsp3) is 0.294. The van der Waals surface area contributed by atoms with Crippen molar-refractivity contribution < 1.29 is 4.79 Å². The molecule has 4 nitrogen and oxygen atoms in total. The topological polar surface area (TPSA) is 46.9 Å². The number of hydrogen-bond donors (Lipinski definition) is 1. The summed E-state index contributed by atoms with van der Waals surface area (Å²) in [5.74, 6) is -0.131. The van der Waals surface area contributed by atoms with Crippen molar-refractivity contribution in [1.29, 1.82) is 0 Å². The smallest absolute Gasteiger partial charge is 0.274 e. The number of benzene rings is 1. The number of hydrogen-bond acceptors (Lipinski definition) is 3. The second kappa shape index (κ2) is 5.25. The lowest BCUT2D eigenvalue weighted by molar-refractivity contribution is 0.101. The largest absolute Gasteiger partial charge is 0.340 e. The first-order valence-corrected chi connectivity index (χ1v) is 8.06. The molecule has 0 atom stereocenters. The SMILES string of the molecule is Cn1c(C(=O)Nc2nc(C(C)(C)C)cs2)cc2ccccc21. The molecule has 0 aliphatic rings. The molecule has 0 aliphatic heterocycles. The monoisotopic (exact) mass is 313 g/mol. The van der Waals surface area contributed by atoms with Gasteiger partial charge in [-0.25, -0.2) is 4.98 Å². The molecular weight excluding hydrogens is 294 g/mol. The number of nitrogens with zero attached hydrogens (tertiary/aromatic N) is 2. The van der Waals surface area contributed by atoms with Crippen LogP contribution in [0.25, 0.3) is 10.9 Å². The fourth-order valence-electron chi connectivity index (χ4n) is 2.34. The van der Waals surface area contributed by atoms with Gasteiger partial charge in [0, 0.05) is 28.7 Å². The van der Waals surface area contributed by atoms with E-state index in [1.165, 1.54) is 11.3 Å². The van der Waals surface area contributed by atoms with Crippen LogP contribution in [-0.2, 0) is 12.5 Å². The number of thiazole rings is 1. The van der Waals surface area contributed by atoms with Crippen LogP contribution in [0.15, 0.2) is 35.7 Å². The Balaban J connectivity index is 1.87. The zero-order valence-corrected chi connectivity index (χ0v) is 14.0. The predicted molar refractivity (Wildman–Crippen MR) is 91.7 cm³/mol. The van der Waals surface area contributed by atoms with Gasteiger partial charge in [-0.05, 0) is 12.1 Å². The van der Waals surface area contributed by atoms with Gasteiger partial charge in [0.2, 0.25) is 0 Å². The van der Waals surface area contributed by atoms with Gasteiger partial charge in [0.15, 0.2) is 5.13 Å². The van der Waals surface area contributed by atoms with E-state index >= 15 is 0 Å². The molecule has 3 aromatic rings. The lowest BCUT2D eigenvalue weighted by Gasteiger charge is -2.14. The Kier molecular flexibility index (Phi) is 3.53. The van der Waals surface area contributed by atoms with Crippen molar-refractivity contribution in [1.82, 2.24) is 9.55 Å². The van der Waals surface area contributed by atoms with Gasteiger partial charge in [0.05, 0.1) is 5.69 Å². The Hall–Kier alpha value is -2.14. The molecule has 2 aromatic heterocycles. The summed E-state index contributed by atoms with van der Waals surface area (Å²) in [5.41, 5.74) is 2.65. The normalized spacial score (nSPS) is 11.8. The van der Waals surface area contributed by atoms with Crippen LogP contribution in [0.5, 0.6) is 0 Å². The van der Waals surface area contributed by atoms with Crippen molar-refractivity contribution in [2.75, 3.05) is 5.32 Å². The molecule has 1 N–H and O–H groups in total. The molecule has 0 saturated heterocycles. The molecule has 0 spiro atoms. The summed E-state index contributed by atoms with van der Waals surface area (Å²) in [5, 5.41) is 6.60. The van der Waals surface area contributed by atoms with Crippen molar-refractivity contribution in [3.63, 3.8) is 0 Å². The second-order valence-corrected chi connectivity index (χ2v) is 7.25. The van der Waals surface area contributed by atoms with Gasteiger partial charge in [0.25, 0.3) is 5.91 Å². The van der Waals surface area contributed by atoms with Crippen LogP contribution in [0, 0.1) is 0 Å². The van der Waals surface area contributed by atoms with Gasteiger partial charge in [-0.2, -0.15) is 0 Å². The Bertz CT molecular complexity index is 839. The van der Waals surface area contributed by atoms with E-state index in [1.807, 2.05) is 47.3 Å². The van der Waals surface area contributed by atoms with E-state index in [1.54, 1.807) is 0 Å². The molecule has 1 aromatic carbocycles. The minimum atomic E-state index is -0.131. The summed E-state index contributed by atoms with van der Waals surface area (Å²) in [6.07, 6.45) is 0. The van der Waals surface area contributed by atoms with Gasteiger partial charge >= 0.3 is 0 Å². The maximum Gasteiger partial charge on any atom is 0.274 e. The first-order chi connectivity index (χ1) is 10.4. The molecule has 0 radical (unpaired) electrons. The number of aryl methyl sites for hydroxylation is 1. The van der Waals surface area contributed by atoms with E-state index < -0.39 is 0 Å². The highest BCUT2D eigenvalue weighted by molar-refractivity contribution is 7.14. The van der Waals surface area contributed by atoms with Gasteiger partial charge in [0.1, 0.15) is 5.69 Å². The molecule has 0 unspecified atom stereocenters. The van der Waals surface area contributed by atoms with Crippen molar-refractivity contribution in [3.8, 4) is 0 Å². The third-order valence-corrected chi connectivity index (χ3v) is 4.44. The number of aromatic nitrogens is 2. The van der Waals surface area contributed by atoms with E-state index in [4.69, 9.17) is 0 Å². The Labute approximate surface area is 133 Å². The molecule has 0 fully saturated rings. The van der Waals surface area contributed by atoms with Crippen molar-refractivity contribution in [2.45, 2.75) is 26.2 Å². The van der Waals surface area contributed by atoms with Crippen molar-refractivity contribution in [3.05, 3.63) is 47.1 Å². The first-order valence-electron chi connectivity index (χ1n) is 7.18. The highest BCUT2D eigenvalue weighted by Gasteiger charge is 2.19. The summed E-state index contributed by atoms with van der Waals surface area (Å²) in [7, 11) is 1.90. The van der Waals surface area contributed by atoms with E-state index in [9.17, 15) is 4.79 Å². The number of rotatable bonds is 2. The molecular formula is C17H19N3OS. The summed E-state index contributed by atoms with van der Waals surface area (Å²) in [6.45, 7) is 6.33. The summed E-state index contributed by atoms with van der Waals surface area (Å²) >= 11 is 1.46. The Morgan fingerprint density at radius 1 is 1.27 bits per heavy atom. The summed E-state index contributed by atoms with van der Waals surface area (Å²) in [6, 6.07) is 9.87. The Morgan fingerprint density at radius 2 is 2.00 bits per heavy atom. The van der Waals surface area contributed by atoms with Crippen LogP contribution in [0.4, 0.5) is 5.13 Å². The predicted octanol–water partition coefficient (Wildman–Crippen LogP) is 4.18. The summed E-state index contributed by atoms with van der Waals surface area (Å²) < 4.78 is 1.91. The average Bonchev–Trinajstić information content (AvgIpc) is 3.04. The number of nitrogens with one attached hydrogen (secondary N) is 1. The standard InChI is InChI=1S/C17H19N3OS/c1-17(2,3)14-10-22-16(18-14)19-15(21)13-9-11-7-5-6-8-12(11)20(13)4/h5-10H,1-4H3,(H,18,19,21). The minimum Gasteiger partial charge on any atom is -0.340 e. The summed E-state index contributed by atoms with van der Waals surface area (Å²) in [4.78, 5) is 17.0. The van der Waals surface area contributed by atoms with E-state index in [0.717, 1.165) is 16.6 Å². The van der Waals surface area contributed by atoms with E-state index in [2.05, 4.69) is 31.1 Å². The lowest BCUT2D eigenvalue weighted by Crippen LogP contribution is -2.16. The van der Waals surface area contributed by atoms with E-state index in [0.29, 0.717) is 10.8 Å². The quantitative estimate of drug-likeness (QED) is 0.771. The zero-order valence-electron chi connectivity index (χ0n) is 13.2. The number of carbonyl (C=O) groups is 1. The number of carbonyl (C=O) groups excluding carboxylic acids is 1. The highest BCUT2D eigenvalue weighted by atomic mass is 32.1. The number of amides is 1. The van der Waals surface area contributed by atoms with Gasteiger partial charge in [-0.1, -0.05) is 39.0 Å². The number of fused-ring (bicyclic) bond motifs is 1. The zero-order chi connectivity index (χ0) is 15.9. The highest BCUT2D eigenvalue weighted by Crippen LogP contribution is 2.27. The van der Waals surface area contributed by atoms with Crippen LogP contribution >= 0.6 is 11.3 Å². The van der Waals surface area contributed by atoms with Crippen LogP contribution in [0.1, 0.15) is 37.0 Å². The Morgan fingerprint density at radius 3 is 2.64 bits per heavy atom. The minimum absolute atomic E-state index is 0.0148. The molecule has 2 heterocycles. The van der Waals surface area contributed by atoms with Gasteiger partial charge in [-0.15, -0.1) is 11.3 Å². The van der Waals surface area contributed by atoms with Gasteiger partial charge < -0.3 is 4.57 Å². The van der Waals surface area contributed by atoms with E-state index in [-0.39, 0.29) is 11.3 Å². The molecule has 0 bridgehead atoms. The molecule has 0 aliphatic carbocycles. The maximum atomic E-state index is 12.5. The van der Waals surface area contributed by atoms with Crippen LogP contribution in [0.2, 0.25) is 0 Å². The van der Waals surface area contributed by atoms with Crippen molar-refractivity contribution >= 4 is 33.3 Å². The van der Waals surface area contributed by atoms with Gasteiger partial charge in [-0.3, -0.25) is 10.1 Å². The van der Waals surface area contributed by atoms with Crippen LogP contribution in [-0.4, -0.2) is 15.5 Å². The van der Waals surface area contributed by atoms with Crippen LogP contribution < -0.4 is 5.32 Å². The molecule has 0 saturated carbocycles. The maximum absolute atomic E-state index is 12.5. The number of anilines is 1. The van der Waals surface area contributed by atoms with Crippen LogP contribution in [0.3, 0.4) is 0 Å². The fourth-order valence-corrected chi connectivity index (χ4v) is 3.28. The molecule has 114 valence electrons. The molecule has 5 heteroatoms. The molecule has 1 amide bonds. The third kappa shape index (κ3) is 2.64.